The Morgan fingerprint density at radius 1 is 1.50 bits per heavy atom. The van der Waals surface area contributed by atoms with E-state index in [1.165, 1.54) is 0 Å². The third-order valence-corrected chi connectivity index (χ3v) is 2.86. The molecule has 1 fully saturated rings. The standard InChI is InChI=1S/C11H20N2O3/c1-2-3-9(11(15)16)13-10(14)6-8(12)7-4-5-7/h7-9H,2-6,12H2,1H3,(H,13,14)(H,15,16)/t8?,9-/m0/s1. The number of rotatable bonds is 7. The van der Waals surface area contributed by atoms with Gasteiger partial charge in [-0.1, -0.05) is 13.3 Å². The average molecular weight is 228 g/mol. The molecule has 16 heavy (non-hydrogen) atoms. The lowest BCUT2D eigenvalue weighted by Crippen LogP contribution is -2.43. The SMILES string of the molecule is CCC[C@H](NC(=O)CC(N)C1CC1)C(=O)O. The van der Waals surface area contributed by atoms with Gasteiger partial charge in [-0.15, -0.1) is 0 Å². The van der Waals surface area contributed by atoms with Crippen LogP contribution in [-0.4, -0.2) is 29.1 Å². The van der Waals surface area contributed by atoms with Gasteiger partial charge < -0.3 is 16.2 Å². The Balaban J connectivity index is 2.32. The molecule has 5 nitrogen and oxygen atoms in total. The van der Waals surface area contributed by atoms with Crippen LogP contribution in [-0.2, 0) is 9.59 Å². The Labute approximate surface area is 95.4 Å². The first kappa shape index (κ1) is 13.0. The highest BCUT2D eigenvalue weighted by molar-refractivity contribution is 5.83. The van der Waals surface area contributed by atoms with Gasteiger partial charge in [0.1, 0.15) is 6.04 Å². The maximum atomic E-state index is 11.5. The van der Waals surface area contributed by atoms with Gasteiger partial charge in [-0.3, -0.25) is 4.79 Å². The Hall–Kier alpha value is -1.10. The average Bonchev–Trinajstić information content (AvgIpc) is 2.99. The number of carboxylic acids is 1. The molecule has 0 radical (unpaired) electrons. The van der Waals surface area contributed by atoms with Gasteiger partial charge in [-0.25, -0.2) is 4.79 Å². The van der Waals surface area contributed by atoms with Gasteiger partial charge in [0, 0.05) is 12.5 Å². The van der Waals surface area contributed by atoms with Crippen LogP contribution in [0.4, 0.5) is 0 Å². The van der Waals surface area contributed by atoms with Crippen LogP contribution in [0.2, 0.25) is 0 Å². The lowest BCUT2D eigenvalue weighted by atomic mass is 10.1. The van der Waals surface area contributed by atoms with E-state index in [4.69, 9.17) is 10.8 Å². The van der Waals surface area contributed by atoms with Crippen molar-refractivity contribution in [1.29, 1.82) is 0 Å². The molecule has 0 spiro atoms. The molecule has 1 rings (SSSR count). The predicted molar refractivity (Wildman–Crippen MR) is 59.8 cm³/mol. The van der Waals surface area contributed by atoms with Gasteiger partial charge >= 0.3 is 5.97 Å². The fourth-order valence-electron chi connectivity index (χ4n) is 1.70. The van der Waals surface area contributed by atoms with Crippen LogP contribution >= 0.6 is 0 Å². The molecule has 1 aliphatic carbocycles. The van der Waals surface area contributed by atoms with Crippen molar-refractivity contribution in [2.45, 2.75) is 51.1 Å². The summed E-state index contributed by atoms with van der Waals surface area (Å²) in [7, 11) is 0. The predicted octanol–water partition coefficient (Wildman–Crippen LogP) is 0.483. The summed E-state index contributed by atoms with van der Waals surface area (Å²) in [5, 5.41) is 11.4. The molecule has 0 aliphatic heterocycles. The van der Waals surface area contributed by atoms with Crippen LogP contribution in [0.15, 0.2) is 0 Å². The van der Waals surface area contributed by atoms with Crippen molar-refractivity contribution in [2.24, 2.45) is 11.7 Å². The van der Waals surface area contributed by atoms with E-state index < -0.39 is 12.0 Å². The van der Waals surface area contributed by atoms with Crippen molar-refractivity contribution < 1.29 is 14.7 Å². The summed E-state index contributed by atoms with van der Waals surface area (Å²) >= 11 is 0. The third-order valence-electron chi connectivity index (χ3n) is 2.86. The van der Waals surface area contributed by atoms with Crippen molar-refractivity contribution in [1.82, 2.24) is 5.32 Å². The zero-order valence-corrected chi connectivity index (χ0v) is 9.61. The van der Waals surface area contributed by atoms with Crippen LogP contribution < -0.4 is 11.1 Å². The van der Waals surface area contributed by atoms with Gasteiger partial charge in [0.05, 0.1) is 0 Å². The molecule has 0 bridgehead atoms. The summed E-state index contributed by atoms with van der Waals surface area (Å²) in [5.41, 5.74) is 5.80. The largest absolute Gasteiger partial charge is 0.480 e. The summed E-state index contributed by atoms with van der Waals surface area (Å²) in [6.07, 6.45) is 3.60. The Morgan fingerprint density at radius 2 is 2.12 bits per heavy atom. The van der Waals surface area contributed by atoms with Crippen LogP contribution in [0.1, 0.15) is 39.0 Å². The molecular weight excluding hydrogens is 208 g/mol. The number of aliphatic carboxylic acids is 1. The van der Waals surface area contributed by atoms with Crippen molar-refractivity contribution in [3.8, 4) is 0 Å². The number of hydrogen-bond acceptors (Lipinski definition) is 3. The minimum absolute atomic E-state index is 0.115. The summed E-state index contributed by atoms with van der Waals surface area (Å²) in [6, 6.07) is -0.889. The van der Waals surface area contributed by atoms with Crippen LogP contribution in [0.25, 0.3) is 0 Å². The third kappa shape index (κ3) is 4.18. The van der Waals surface area contributed by atoms with E-state index in [1.807, 2.05) is 6.92 Å². The van der Waals surface area contributed by atoms with Gasteiger partial charge in [-0.05, 0) is 25.2 Å². The van der Waals surface area contributed by atoms with Crippen molar-refractivity contribution in [3.05, 3.63) is 0 Å². The lowest BCUT2D eigenvalue weighted by molar-refractivity contribution is -0.142. The summed E-state index contributed by atoms with van der Waals surface area (Å²) < 4.78 is 0. The molecule has 92 valence electrons. The van der Waals surface area contributed by atoms with E-state index in [1.54, 1.807) is 0 Å². The fraction of sp³-hybridized carbons (Fsp3) is 0.818. The number of hydrogen-bond donors (Lipinski definition) is 3. The lowest BCUT2D eigenvalue weighted by Gasteiger charge is -2.15. The highest BCUT2D eigenvalue weighted by Gasteiger charge is 2.30. The second-order valence-electron chi connectivity index (χ2n) is 4.45. The Bertz CT molecular complexity index is 264. The molecule has 4 N–H and O–H groups in total. The van der Waals surface area contributed by atoms with E-state index >= 15 is 0 Å². The number of carbonyl (C=O) groups excluding carboxylic acids is 1. The smallest absolute Gasteiger partial charge is 0.326 e. The molecule has 1 saturated carbocycles. The second kappa shape index (κ2) is 5.84. The maximum absolute atomic E-state index is 11.5. The molecule has 1 amide bonds. The zero-order chi connectivity index (χ0) is 12.1. The summed E-state index contributed by atoms with van der Waals surface area (Å²) in [4.78, 5) is 22.3. The van der Waals surface area contributed by atoms with Crippen molar-refractivity contribution in [3.63, 3.8) is 0 Å². The zero-order valence-electron chi connectivity index (χ0n) is 9.61. The number of amides is 1. The quantitative estimate of drug-likeness (QED) is 0.591. The minimum Gasteiger partial charge on any atom is -0.480 e. The number of carboxylic acid groups (broad SMARTS) is 1. The fourth-order valence-corrected chi connectivity index (χ4v) is 1.70. The van der Waals surface area contributed by atoms with E-state index in [0.29, 0.717) is 12.3 Å². The summed E-state index contributed by atoms with van der Waals surface area (Å²) in [6.45, 7) is 1.89. The van der Waals surface area contributed by atoms with Gasteiger partial charge in [0.15, 0.2) is 0 Å². The minimum atomic E-state index is -0.977. The maximum Gasteiger partial charge on any atom is 0.326 e. The molecule has 0 aromatic heterocycles. The van der Waals surface area contributed by atoms with Crippen molar-refractivity contribution >= 4 is 11.9 Å². The van der Waals surface area contributed by atoms with Crippen molar-refractivity contribution in [2.75, 3.05) is 0 Å². The first-order valence-electron chi connectivity index (χ1n) is 5.82. The second-order valence-corrected chi connectivity index (χ2v) is 4.45. The summed E-state index contributed by atoms with van der Waals surface area (Å²) in [5.74, 6) is -0.768. The normalized spacial score (nSPS) is 18.9. The van der Waals surface area contributed by atoms with Gasteiger partial charge in [0.25, 0.3) is 0 Å². The molecule has 2 atom stereocenters. The van der Waals surface area contributed by atoms with E-state index in [0.717, 1.165) is 19.3 Å². The first-order chi connectivity index (χ1) is 7.54. The van der Waals surface area contributed by atoms with Crippen LogP contribution in [0.5, 0.6) is 0 Å². The Kier molecular flexibility index (Phi) is 4.73. The molecule has 1 unspecified atom stereocenters. The molecule has 0 heterocycles. The van der Waals surface area contributed by atoms with E-state index in [-0.39, 0.29) is 18.4 Å². The number of carbonyl (C=O) groups is 2. The molecule has 1 aliphatic rings. The Morgan fingerprint density at radius 3 is 2.56 bits per heavy atom. The molecular formula is C11H20N2O3. The van der Waals surface area contributed by atoms with Crippen LogP contribution in [0.3, 0.4) is 0 Å². The molecule has 5 heteroatoms. The van der Waals surface area contributed by atoms with Crippen LogP contribution in [0, 0.1) is 5.92 Å². The highest BCUT2D eigenvalue weighted by Crippen LogP contribution is 2.32. The molecule has 0 aromatic rings. The van der Waals surface area contributed by atoms with E-state index in [2.05, 4.69) is 5.32 Å². The molecule has 0 saturated heterocycles. The number of nitrogens with one attached hydrogen (secondary N) is 1. The van der Waals surface area contributed by atoms with Gasteiger partial charge in [-0.2, -0.15) is 0 Å². The molecule has 0 aromatic carbocycles. The topological polar surface area (TPSA) is 92.4 Å². The highest BCUT2D eigenvalue weighted by atomic mass is 16.4. The van der Waals surface area contributed by atoms with Gasteiger partial charge in [0.2, 0.25) is 5.91 Å². The monoisotopic (exact) mass is 228 g/mol. The van der Waals surface area contributed by atoms with E-state index in [9.17, 15) is 9.59 Å². The number of nitrogens with two attached hydrogens (primary N) is 1. The first-order valence-corrected chi connectivity index (χ1v) is 5.82.